The normalized spacial score (nSPS) is 11.5. The Morgan fingerprint density at radius 1 is 1.38 bits per heavy atom. The minimum absolute atomic E-state index is 0.0395. The summed E-state index contributed by atoms with van der Waals surface area (Å²) in [6, 6.07) is 5.29. The standard InChI is InChI=1S/C14H16N4O3/c1-4-21-14(20)10(9-17(2)3)12(19)13-15-11-7-5-6-8-18(11)16-13/h5-9H,4H2,1-3H3/b10-9+. The first kappa shape index (κ1) is 14.7. The van der Waals surface area contributed by atoms with Crippen LogP contribution in [0.3, 0.4) is 0 Å². The molecule has 0 radical (unpaired) electrons. The number of ether oxygens (including phenoxy) is 1. The molecule has 2 aromatic rings. The van der Waals surface area contributed by atoms with Gasteiger partial charge >= 0.3 is 5.97 Å². The summed E-state index contributed by atoms with van der Waals surface area (Å²) < 4.78 is 6.38. The Morgan fingerprint density at radius 3 is 2.76 bits per heavy atom. The fraction of sp³-hybridized carbons (Fsp3) is 0.286. The largest absolute Gasteiger partial charge is 0.462 e. The van der Waals surface area contributed by atoms with Crippen molar-refractivity contribution in [2.75, 3.05) is 20.7 Å². The molecular formula is C14H16N4O3. The molecule has 0 saturated heterocycles. The second kappa shape index (κ2) is 6.17. The molecule has 0 bridgehead atoms. The number of carbonyl (C=O) groups is 2. The number of hydrogen-bond acceptors (Lipinski definition) is 6. The second-order valence-electron chi connectivity index (χ2n) is 4.49. The van der Waals surface area contributed by atoms with Crippen molar-refractivity contribution in [3.63, 3.8) is 0 Å². The highest BCUT2D eigenvalue weighted by Gasteiger charge is 2.25. The summed E-state index contributed by atoms with van der Waals surface area (Å²) >= 11 is 0. The highest BCUT2D eigenvalue weighted by Crippen LogP contribution is 2.09. The van der Waals surface area contributed by atoms with Gasteiger partial charge in [-0.2, -0.15) is 0 Å². The van der Waals surface area contributed by atoms with Gasteiger partial charge in [0, 0.05) is 26.5 Å². The Kier molecular flexibility index (Phi) is 4.32. The van der Waals surface area contributed by atoms with Gasteiger partial charge in [0.2, 0.25) is 11.6 Å². The van der Waals surface area contributed by atoms with Gasteiger partial charge < -0.3 is 9.64 Å². The summed E-state index contributed by atoms with van der Waals surface area (Å²) in [5, 5.41) is 4.07. The van der Waals surface area contributed by atoms with Gasteiger partial charge in [-0.05, 0) is 19.1 Å². The number of fused-ring (bicyclic) bond motifs is 1. The zero-order chi connectivity index (χ0) is 15.4. The van der Waals surface area contributed by atoms with Crippen molar-refractivity contribution in [1.29, 1.82) is 0 Å². The van der Waals surface area contributed by atoms with Gasteiger partial charge in [-0.3, -0.25) is 4.79 Å². The highest BCUT2D eigenvalue weighted by atomic mass is 16.5. The van der Waals surface area contributed by atoms with Crippen LogP contribution in [-0.2, 0) is 9.53 Å². The Bertz CT molecular complexity index is 670. The van der Waals surface area contributed by atoms with Gasteiger partial charge in [-0.15, -0.1) is 5.10 Å². The van der Waals surface area contributed by atoms with E-state index in [1.54, 1.807) is 50.3 Å². The highest BCUT2D eigenvalue weighted by molar-refractivity contribution is 6.22. The summed E-state index contributed by atoms with van der Waals surface area (Å²) in [5.74, 6) is -1.29. The van der Waals surface area contributed by atoms with Crippen molar-refractivity contribution in [1.82, 2.24) is 19.5 Å². The van der Waals surface area contributed by atoms with Gasteiger partial charge in [-0.25, -0.2) is 14.3 Å². The van der Waals surface area contributed by atoms with E-state index in [1.165, 1.54) is 10.7 Å². The molecule has 0 unspecified atom stereocenters. The van der Waals surface area contributed by atoms with E-state index in [0.717, 1.165) is 0 Å². The number of Topliss-reactive ketones (excluding diaryl/α,β-unsaturated/α-hetero) is 1. The molecule has 110 valence electrons. The van der Waals surface area contributed by atoms with Crippen LogP contribution in [0.15, 0.2) is 36.2 Å². The smallest absolute Gasteiger partial charge is 0.343 e. The van der Waals surface area contributed by atoms with E-state index in [2.05, 4.69) is 10.1 Å². The molecule has 0 aliphatic rings. The van der Waals surface area contributed by atoms with Crippen molar-refractivity contribution in [2.45, 2.75) is 6.92 Å². The van der Waals surface area contributed by atoms with Crippen molar-refractivity contribution in [3.05, 3.63) is 42.0 Å². The Balaban J connectivity index is 2.39. The number of carbonyl (C=O) groups excluding carboxylic acids is 2. The summed E-state index contributed by atoms with van der Waals surface area (Å²) in [7, 11) is 3.42. The van der Waals surface area contributed by atoms with Crippen LogP contribution in [0.25, 0.3) is 5.65 Å². The molecule has 0 saturated carbocycles. The number of nitrogens with zero attached hydrogens (tertiary/aromatic N) is 4. The first-order valence-electron chi connectivity index (χ1n) is 6.44. The number of aromatic nitrogens is 3. The first-order chi connectivity index (χ1) is 10.0. The van der Waals surface area contributed by atoms with E-state index in [1.807, 2.05) is 0 Å². The molecule has 0 aliphatic heterocycles. The monoisotopic (exact) mass is 288 g/mol. The van der Waals surface area contributed by atoms with E-state index >= 15 is 0 Å². The average molecular weight is 288 g/mol. The summed E-state index contributed by atoms with van der Waals surface area (Å²) in [6.07, 6.45) is 3.09. The van der Waals surface area contributed by atoms with E-state index in [9.17, 15) is 9.59 Å². The van der Waals surface area contributed by atoms with E-state index < -0.39 is 11.8 Å². The quantitative estimate of drug-likeness (QED) is 0.268. The molecule has 0 aliphatic carbocycles. The predicted molar refractivity (Wildman–Crippen MR) is 75.7 cm³/mol. The van der Waals surface area contributed by atoms with Crippen molar-refractivity contribution < 1.29 is 14.3 Å². The van der Waals surface area contributed by atoms with Crippen LogP contribution in [-0.4, -0.2) is 52.0 Å². The molecule has 0 atom stereocenters. The molecule has 7 heteroatoms. The SMILES string of the molecule is CCOC(=O)/C(=C/N(C)C)C(=O)c1nc2ccccn2n1. The molecule has 0 fully saturated rings. The van der Waals surface area contributed by atoms with Crippen LogP contribution in [0.1, 0.15) is 17.5 Å². The molecule has 7 nitrogen and oxygen atoms in total. The third kappa shape index (κ3) is 3.25. The Labute approximate surface area is 121 Å². The van der Waals surface area contributed by atoms with E-state index in [-0.39, 0.29) is 18.0 Å². The zero-order valence-electron chi connectivity index (χ0n) is 12.1. The number of esters is 1. The van der Waals surface area contributed by atoms with E-state index in [4.69, 9.17) is 4.74 Å². The third-order valence-corrected chi connectivity index (χ3v) is 2.57. The molecule has 0 amide bonds. The minimum Gasteiger partial charge on any atom is -0.462 e. The second-order valence-corrected chi connectivity index (χ2v) is 4.49. The summed E-state index contributed by atoms with van der Waals surface area (Å²) in [4.78, 5) is 30.1. The fourth-order valence-corrected chi connectivity index (χ4v) is 1.72. The fourth-order valence-electron chi connectivity index (χ4n) is 1.72. The Morgan fingerprint density at radius 2 is 2.14 bits per heavy atom. The maximum Gasteiger partial charge on any atom is 0.343 e. The lowest BCUT2D eigenvalue weighted by Gasteiger charge is -2.09. The van der Waals surface area contributed by atoms with Crippen LogP contribution >= 0.6 is 0 Å². The number of ketones is 1. The third-order valence-electron chi connectivity index (χ3n) is 2.57. The zero-order valence-corrected chi connectivity index (χ0v) is 12.1. The maximum atomic E-state index is 12.4. The first-order valence-corrected chi connectivity index (χ1v) is 6.44. The topological polar surface area (TPSA) is 76.8 Å². The van der Waals surface area contributed by atoms with Gasteiger partial charge in [-0.1, -0.05) is 6.07 Å². The lowest BCUT2D eigenvalue weighted by atomic mass is 10.1. The lowest BCUT2D eigenvalue weighted by Crippen LogP contribution is -2.20. The van der Waals surface area contributed by atoms with Crippen LogP contribution in [0.5, 0.6) is 0 Å². The van der Waals surface area contributed by atoms with Gasteiger partial charge in [0.15, 0.2) is 5.65 Å². The molecule has 2 heterocycles. The van der Waals surface area contributed by atoms with Crippen LogP contribution < -0.4 is 0 Å². The van der Waals surface area contributed by atoms with Crippen molar-refractivity contribution >= 4 is 17.4 Å². The Hall–Kier alpha value is -2.70. The minimum atomic E-state index is -0.685. The predicted octanol–water partition coefficient (Wildman–Crippen LogP) is 0.921. The molecule has 0 spiro atoms. The van der Waals surface area contributed by atoms with Gasteiger partial charge in [0.05, 0.1) is 6.61 Å². The molecule has 0 aromatic carbocycles. The van der Waals surface area contributed by atoms with Crippen LogP contribution in [0.2, 0.25) is 0 Å². The molecule has 0 N–H and O–H groups in total. The van der Waals surface area contributed by atoms with Gasteiger partial charge in [0.1, 0.15) is 5.57 Å². The van der Waals surface area contributed by atoms with Crippen LogP contribution in [0, 0.1) is 0 Å². The number of pyridine rings is 1. The molecular weight excluding hydrogens is 272 g/mol. The maximum absolute atomic E-state index is 12.4. The number of hydrogen-bond donors (Lipinski definition) is 0. The summed E-state index contributed by atoms with van der Waals surface area (Å²) in [6.45, 7) is 1.87. The summed E-state index contributed by atoms with van der Waals surface area (Å²) in [5.41, 5.74) is 0.437. The number of rotatable bonds is 5. The molecule has 21 heavy (non-hydrogen) atoms. The molecule has 2 rings (SSSR count). The molecule has 2 aromatic heterocycles. The van der Waals surface area contributed by atoms with Crippen molar-refractivity contribution in [2.24, 2.45) is 0 Å². The van der Waals surface area contributed by atoms with Crippen molar-refractivity contribution in [3.8, 4) is 0 Å². The van der Waals surface area contributed by atoms with E-state index in [0.29, 0.717) is 5.65 Å². The average Bonchev–Trinajstić information content (AvgIpc) is 2.88. The lowest BCUT2D eigenvalue weighted by molar-refractivity contribution is -0.138. The van der Waals surface area contributed by atoms with Gasteiger partial charge in [0.25, 0.3) is 0 Å². The van der Waals surface area contributed by atoms with Crippen LogP contribution in [0.4, 0.5) is 0 Å².